The van der Waals surface area contributed by atoms with Crippen molar-refractivity contribution in [3.8, 4) is 0 Å². The summed E-state index contributed by atoms with van der Waals surface area (Å²) in [5.74, 6) is -0.469. The summed E-state index contributed by atoms with van der Waals surface area (Å²) in [6, 6.07) is 9.42. The summed E-state index contributed by atoms with van der Waals surface area (Å²) in [7, 11) is 0. The highest BCUT2D eigenvalue weighted by Gasteiger charge is 2.18. The van der Waals surface area contributed by atoms with Crippen LogP contribution in [0.1, 0.15) is 44.6 Å². The highest BCUT2D eigenvalue weighted by molar-refractivity contribution is 5.76. The van der Waals surface area contributed by atoms with Crippen LogP contribution in [0.5, 0.6) is 0 Å². The van der Waals surface area contributed by atoms with Crippen LogP contribution in [-0.2, 0) is 4.79 Å². The lowest BCUT2D eigenvalue weighted by atomic mass is 9.99. The molecule has 3 nitrogen and oxygen atoms in total. The molecule has 3 heteroatoms. The van der Waals surface area contributed by atoms with Gasteiger partial charge in [0, 0.05) is 6.54 Å². The van der Waals surface area contributed by atoms with Crippen LogP contribution in [0.15, 0.2) is 30.3 Å². The van der Waals surface area contributed by atoms with Crippen LogP contribution in [0.4, 0.5) is 0 Å². The van der Waals surface area contributed by atoms with E-state index in [9.17, 15) is 9.90 Å². The Kier molecular flexibility index (Phi) is 7.19. The predicted octanol–water partition coefficient (Wildman–Crippen LogP) is 3.27. The Labute approximate surface area is 116 Å². The van der Waals surface area contributed by atoms with E-state index in [0.717, 1.165) is 24.4 Å². The molecule has 1 rings (SSSR count). The summed E-state index contributed by atoms with van der Waals surface area (Å²) in [5, 5.41) is 12.5. The fraction of sp³-hybridized carbons (Fsp3) is 0.562. The van der Waals surface area contributed by atoms with E-state index in [4.69, 9.17) is 0 Å². The lowest BCUT2D eigenvalue weighted by Gasteiger charge is -2.14. The molecule has 19 heavy (non-hydrogen) atoms. The number of carboxylic acids is 1. The Balaban J connectivity index is 2.30. The molecule has 1 aromatic rings. The van der Waals surface area contributed by atoms with E-state index in [1.54, 1.807) is 0 Å². The summed E-state index contributed by atoms with van der Waals surface area (Å²) in [4.78, 5) is 11.3. The molecule has 1 unspecified atom stereocenters. The van der Waals surface area contributed by atoms with Gasteiger partial charge in [-0.3, -0.25) is 4.79 Å². The third-order valence-corrected chi connectivity index (χ3v) is 3.23. The van der Waals surface area contributed by atoms with E-state index in [-0.39, 0.29) is 0 Å². The van der Waals surface area contributed by atoms with Gasteiger partial charge in [-0.2, -0.15) is 0 Å². The largest absolute Gasteiger partial charge is 0.481 e. The summed E-state index contributed by atoms with van der Waals surface area (Å²) >= 11 is 0. The minimum Gasteiger partial charge on any atom is -0.481 e. The zero-order valence-corrected chi connectivity index (χ0v) is 11.9. The molecule has 0 aliphatic heterocycles. The molecule has 1 atom stereocenters. The van der Waals surface area contributed by atoms with E-state index in [1.807, 2.05) is 30.3 Å². The number of aliphatic carboxylic acids is 1. The van der Waals surface area contributed by atoms with Crippen molar-refractivity contribution >= 4 is 5.97 Å². The van der Waals surface area contributed by atoms with Crippen LogP contribution in [0.2, 0.25) is 0 Å². The minimum atomic E-state index is -0.763. The van der Waals surface area contributed by atoms with Gasteiger partial charge in [0.15, 0.2) is 0 Å². The molecule has 0 saturated heterocycles. The number of carboxylic acid groups (broad SMARTS) is 1. The van der Waals surface area contributed by atoms with Crippen LogP contribution in [0.3, 0.4) is 0 Å². The normalized spacial score (nSPS) is 12.6. The maximum absolute atomic E-state index is 11.3. The van der Waals surface area contributed by atoms with Gasteiger partial charge in [-0.1, -0.05) is 57.0 Å². The Hall–Kier alpha value is -1.35. The standard InChI is InChI=1S/C16H25NO2/c1-13(2)8-6-7-11-17-12-15(16(18)19)14-9-4-3-5-10-14/h3-5,9-10,13,15,17H,6-8,11-12H2,1-2H3,(H,18,19). The van der Waals surface area contributed by atoms with E-state index in [0.29, 0.717) is 6.54 Å². The minimum absolute atomic E-state index is 0.453. The van der Waals surface area contributed by atoms with Gasteiger partial charge in [-0.05, 0) is 24.4 Å². The van der Waals surface area contributed by atoms with Crippen molar-refractivity contribution in [2.24, 2.45) is 5.92 Å². The van der Waals surface area contributed by atoms with E-state index in [2.05, 4.69) is 19.2 Å². The average Bonchev–Trinajstić information content (AvgIpc) is 2.38. The lowest BCUT2D eigenvalue weighted by molar-refractivity contribution is -0.138. The van der Waals surface area contributed by atoms with Crippen molar-refractivity contribution in [3.63, 3.8) is 0 Å². The molecule has 0 spiro atoms. The monoisotopic (exact) mass is 263 g/mol. The number of carbonyl (C=O) groups is 1. The molecule has 0 amide bonds. The number of unbranched alkanes of at least 4 members (excludes halogenated alkanes) is 1. The quantitative estimate of drug-likeness (QED) is 0.672. The highest BCUT2D eigenvalue weighted by atomic mass is 16.4. The fourth-order valence-corrected chi connectivity index (χ4v) is 2.08. The molecule has 0 saturated carbocycles. The van der Waals surface area contributed by atoms with Crippen molar-refractivity contribution in [1.82, 2.24) is 5.32 Å². The average molecular weight is 263 g/mol. The summed E-state index contributed by atoms with van der Waals surface area (Å²) in [6.07, 6.45) is 3.55. The lowest BCUT2D eigenvalue weighted by Crippen LogP contribution is -2.27. The number of hydrogen-bond donors (Lipinski definition) is 2. The van der Waals surface area contributed by atoms with E-state index in [1.165, 1.54) is 12.8 Å². The highest BCUT2D eigenvalue weighted by Crippen LogP contribution is 2.14. The molecule has 106 valence electrons. The van der Waals surface area contributed by atoms with Gasteiger partial charge in [0.2, 0.25) is 0 Å². The maximum atomic E-state index is 11.3. The van der Waals surface area contributed by atoms with E-state index >= 15 is 0 Å². The summed E-state index contributed by atoms with van der Waals surface area (Å²) in [6.45, 7) is 5.84. The van der Waals surface area contributed by atoms with Crippen LogP contribution < -0.4 is 5.32 Å². The molecule has 0 aromatic heterocycles. The summed E-state index contributed by atoms with van der Waals surface area (Å²) in [5.41, 5.74) is 0.865. The number of hydrogen-bond acceptors (Lipinski definition) is 2. The molecule has 0 radical (unpaired) electrons. The predicted molar refractivity (Wildman–Crippen MR) is 78.4 cm³/mol. The molecule has 0 fully saturated rings. The molecular formula is C16H25NO2. The third-order valence-electron chi connectivity index (χ3n) is 3.23. The van der Waals surface area contributed by atoms with Gasteiger partial charge in [-0.25, -0.2) is 0 Å². The van der Waals surface area contributed by atoms with Crippen molar-refractivity contribution in [2.75, 3.05) is 13.1 Å². The zero-order chi connectivity index (χ0) is 14.1. The second-order valence-electron chi connectivity index (χ2n) is 5.40. The van der Waals surface area contributed by atoms with Gasteiger partial charge in [-0.15, -0.1) is 0 Å². The van der Waals surface area contributed by atoms with Gasteiger partial charge in [0.05, 0.1) is 5.92 Å². The van der Waals surface area contributed by atoms with Crippen molar-refractivity contribution in [3.05, 3.63) is 35.9 Å². The SMILES string of the molecule is CC(C)CCCCNCC(C(=O)O)c1ccccc1. The Morgan fingerprint density at radius 3 is 2.47 bits per heavy atom. The van der Waals surface area contributed by atoms with Crippen molar-refractivity contribution in [2.45, 2.75) is 39.0 Å². The maximum Gasteiger partial charge on any atom is 0.312 e. The van der Waals surface area contributed by atoms with Crippen LogP contribution in [0.25, 0.3) is 0 Å². The molecule has 0 aliphatic rings. The van der Waals surface area contributed by atoms with Gasteiger partial charge < -0.3 is 10.4 Å². The number of benzene rings is 1. The molecular weight excluding hydrogens is 238 g/mol. The Morgan fingerprint density at radius 1 is 1.21 bits per heavy atom. The second-order valence-corrected chi connectivity index (χ2v) is 5.40. The fourth-order valence-electron chi connectivity index (χ4n) is 2.08. The number of nitrogens with one attached hydrogen (secondary N) is 1. The molecule has 1 aromatic carbocycles. The first-order chi connectivity index (χ1) is 9.11. The molecule has 2 N–H and O–H groups in total. The van der Waals surface area contributed by atoms with E-state index < -0.39 is 11.9 Å². The Morgan fingerprint density at radius 2 is 1.89 bits per heavy atom. The first-order valence-corrected chi connectivity index (χ1v) is 7.09. The molecule has 0 heterocycles. The van der Waals surface area contributed by atoms with Crippen molar-refractivity contribution < 1.29 is 9.90 Å². The van der Waals surface area contributed by atoms with Crippen LogP contribution in [-0.4, -0.2) is 24.2 Å². The van der Waals surface area contributed by atoms with Gasteiger partial charge >= 0.3 is 5.97 Å². The zero-order valence-electron chi connectivity index (χ0n) is 11.9. The number of rotatable bonds is 9. The van der Waals surface area contributed by atoms with Gasteiger partial charge in [0.1, 0.15) is 0 Å². The topological polar surface area (TPSA) is 49.3 Å². The van der Waals surface area contributed by atoms with Crippen LogP contribution in [0, 0.1) is 5.92 Å². The van der Waals surface area contributed by atoms with Crippen molar-refractivity contribution in [1.29, 1.82) is 0 Å². The third kappa shape index (κ3) is 6.39. The summed E-state index contributed by atoms with van der Waals surface area (Å²) < 4.78 is 0. The van der Waals surface area contributed by atoms with Gasteiger partial charge in [0.25, 0.3) is 0 Å². The molecule has 0 aliphatic carbocycles. The first-order valence-electron chi connectivity index (χ1n) is 7.09. The Bertz CT molecular complexity index is 362. The smallest absolute Gasteiger partial charge is 0.312 e. The second kappa shape index (κ2) is 8.70. The molecule has 0 bridgehead atoms. The van der Waals surface area contributed by atoms with Crippen LogP contribution >= 0.6 is 0 Å². The first kappa shape index (κ1) is 15.7.